The number of epoxide rings is 1. The Labute approximate surface area is 228 Å². The molecule has 0 aromatic rings. The molecule has 0 aromatic heterocycles. The highest BCUT2D eigenvalue weighted by Gasteiger charge is 2.71. The van der Waals surface area contributed by atoms with Gasteiger partial charge in [0.25, 0.3) is 5.60 Å². The molecule has 9 heteroatoms. The Kier molecular flexibility index (Phi) is 7.92. The molecule has 11 atom stereocenters. The smallest absolute Gasteiger partial charge is 0.378 e. The second-order valence-corrected chi connectivity index (χ2v) is 14.7. The van der Waals surface area contributed by atoms with Gasteiger partial charge >= 0.3 is 12.4 Å². The number of fused-ring (bicyclic) bond motifs is 4. The fourth-order valence-electron chi connectivity index (χ4n) is 10.3. The van der Waals surface area contributed by atoms with Crippen molar-refractivity contribution in [2.24, 2.45) is 64.6 Å². The molecule has 1 heterocycles. The highest BCUT2D eigenvalue weighted by atomic mass is 19.4. The van der Waals surface area contributed by atoms with E-state index in [1.807, 2.05) is 6.92 Å². The maximum Gasteiger partial charge on any atom is 0.426 e. The minimum absolute atomic E-state index is 0.129. The molecule has 0 spiro atoms. The first kappa shape index (κ1) is 29.9. The van der Waals surface area contributed by atoms with E-state index in [1.54, 1.807) is 0 Å². The van der Waals surface area contributed by atoms with Crippen LogP contribution in [0.1, 0.15) is 79.1 Å². The molecule has 5 rings (SSSR count). The number of alkyl halides is 6. The van der Waals surface area contributed by atoms with E-state index < -0.39 is 30.3 Å². The van der Waals surface area contributed by atoms with E-state index in [0.29, 0.717) is 55.0 Å². The van der Waals surface area contributed by atoms with Crippen molar-refractivity contribution in [3.05, 3.63) is 0 Å². The third-order valence-electron chi connectivity index (χ3n) is 11.6. The topological polar surface area (TPSA) is 42.0 Å². The average molecular weight is 569 g/mol. The molecular formula is C30H46F6O3. The summed E-state index contributed by atoms with van der Waals surface area (Å²) in [5.41, 5.74) is -4.43. The largest absolute Gasteiger partial charge is 0.426 e. The number of hydrogen-bond acceptors (Lipinski definition) is 3. The average Bonchev–Trinajstić information content (AvgIpc) is 3.13. The van der Waals surface area contributed by atoms with E-state index in [4.69, 9.17) is 9.47 Å². The van der Waals surface area contributed by atoms with Gasteiger partial charge in [-0.3, -0.25) is 0 Å². The van der Waals surface area contributed by atoms with Crippen LogP contribution in [-0.4, -0.2) is 49.0 Å². The molecule has 5 aliphatic rings. The monoisotopic (exact) mass is 568 g/mol. The molecule has 1 N–H and O–H groups in total. The minimum Gasteiger partial charge on any atom is -0.378 e. The van der Waals surface area contributed by atoms with Gasteiger partial charge < -0.3 is 14.6 Å². The minimum atomic E-state index is -5.73. The summed E-state index contributed by atoms with van der Waals surface area (Å²) in [4.78, 5) is 0. The van der Waals surface area contributed by atoms with Crippen LogP contribution in [0.4, 0.5) is 26.3 Å². The number of rotatable bonds is 10. The molecule has 11 unspecified atom stereocenters. The van der Waals surface area contributed by atoms with Gasteiger partial charge in [0.05, 0.1) is 13.2 Å². The van der Waals surface area contributed by atoms with Crippen LogP contribution in [0, 0.1) is 64.6 Å². The van der Waals surface area contributed by atoms with Crippen LogP contribution in [0.25, 0.3) is 0 Å². The number of aliphatic hydroxyl groups is 1. The standard InChI is InChI=1S/C30H46F6O3/c1-5-21-22(16-8-18(24(21)10-16)12-28(37,29(31,32)33)30(34,35)36)6-7-23-25-11-17(26(23)27(2,3)4)9-19(25)13-38-14-20-15-39-20/h16-26,37H,5-15H2,1-4H3. The molecule has 1 aliphatic heterocycles. The summed E-state index contributed by atoms with van der Waals surface area (Å²) in [6.45, 7) is 11.3. The van der Waals surface area contributed by atoms with Crippen molar-refractivity contribution in [2.45, 2.75) is 103 Å². The Morgan fingerprint density at radius 3 is 1.90 bits per heavy atom. The van der Waals surface area contributed by atoms with E-state index in [9.17, 15) is 31.4 Å². The molecule has 5 fully saturated rings. The summed E-state index contributed by atoms with van der Waals surface area (Å²) in [5.74, 6) is 2.81. The molecule has 0 amide bonds. The fraction of sp³-hybridized carbons (Fsp3) is 1.00. The van der Waals surface area contributed by atoms with Crippen LogP contribution in [0.2, 0.25) is 0 Å². The third-order valence-corrected chi connectivity index (χ3v) is 11.6. The van der Waals surface area contributed by atoms with Crippen molar-refractivity contribution < 1.29 is 40.9 Å². The highest BCUT2D eigenvalue weighted by molar-refractivity contribution is 5.07. The maximum absolute atomic E-state index is 13.4. The Balaban J connectivity index is 1.24. The van der Waals surface area contributed by atoms with Crippen molar-refractivity contribution in [3.63, 3.8) is 0 Å². The van der Waals surface area contributed by atoms with Gasteiger partial charge in [-0.25, -0.2) is 0 Å². The van der Waals surface area contributed by atoms with E-state index in [2.05, 4.69) is 20.8 Å². The Bertz CT molecular complexity index is 848. The zero-order valence-electron chi connectivity index (χ0n) is 23.7. The zero-order chi connectivity index (χ0) is 28.5. The van der Waals surface area contributed by atoms with Crippen molar-refractivity contribution in [3.8, 4) is 0 Å². The first-order chi connectivity index (χ1) is 18.0. The molecule has 4 saturated carbocycles. The van der Waals surface area contributed by atoms with Gasteiger partial charge in [-0.1, -0.05) is 34.1 Å². The van der Waals surface area contributed by atoms with E-state index >= 15 is 0 Å². The van der Waals surface area contributed by atoms with Gasteiger partial charge in [-0.2, -0.15) is 26.3 Å². The van der Waals surface area contributed by atoms with Gasteiger partial charge in [0.2, 0.25) is 0 Å². The number of ether oxygens (including phenoxy) is 2. The van der Waals surface area contributed by atoms with Crippen molar-refractivity contribution in [2.75, 3.05) is 19.8 Å². The quantitative estimate of drug-likeness (QED) is 0.217. The number of halogens is 6. The molecular weight excluding hydrogens is 522 g/mol. The van der Waals surface area contributed by atoms with Gasteiger partial charge in [0.1, 0.15) is 6.10 Å². The lowest BCUT2D eigenvalue weighted by Gasteiger charge is -2.44. The SMILES string of the molecule is CCC1C(CCC2C3CC(CC3COCC3CO3)C2C(C)(C)C)C2CC(CC(O)(C(F)(F)F)C(F)(F)F)C1C2. The van der Waals surface area contributed by atoms with Crippen LogP contribution in [0.5, 0.6) is 0 Å². The first-order valence-corrected chi connectivity index (χ1v) is 15.1. The molecule has 3 nitrogen and oxygen atoms in total. The lowest BCUT2D eigenvalue weighted by atomic mass is 9.61. The summed E-state index contributed by atoms with van der Waals surface area (Å²) in [7, 11) is 0. The summed E-state index contributed by atoms with van der Waals surface area (Å²) < 4.78 is 91.8. The third kappa shape index (κ3) is 5.51. The molecule has 4 aliphatic carbocycles. The lowest BCUT2D eigenvalue weighted by molar-refractivity contribution is -0.373. The van der Waals surface area contributed by atoms with Crippen LogP contribution in [0.15, 0.2) is 0 Å². The Morgan fingerprint density at radius 2 is 1.33 bits per heavy atom. The van der Waals surface area contributed by atoms with E-state index in [-0.39, 0.29) is 29.3 Å². The van der Waals surface area contributed by atoms with Crippen LogP contribution >= 0.6 is 0 Å². The van der Waals surface area contributed by atoms with Crippen LogP contribution in [-0.2, 0) is 9.47 Å². The fourth-order valence-corrected chi connectivity index (χ4v) is 10.3. The molecule has 4 bridgehead atoms. The normalized spacial score (nSPS) is 42.1. The predicted molar refractivity (Wildman–Crippen MR) is 135 cm³/mol. The summed E-state index contributed by atoms with van der Waals surface area (Å²) in [6.07, 6.45) is -6.12. The van der Waals surface area contributed by atoms with Gasteiger partial charge in [0.15, 0.2) is 0 Å². The zero-order valence-corrected chi connectivity index (χ0v) is 23.7. The molecule has 0 aromatic carbocycles. The predicted octanol–water partition coefficient (Wildman–Crippen LogP) is 7.66. The Hall–Kier alpha value is -0.540. The van der Waals surface area contributed by atoms with Gasteiger partial charge in [-0.15, -0.1) is 0 Å². The summed E-state index contributed by atoms with van der Waals surface area (Å²) >= 11 is 0. The maximum atomic E-state index is 13.4. The molecule has 1 saturated heterocycles. The van der Waals surface area contributed by atoms with E-state index in [1.165, 1.54) is 12.8 Å². The first-order valence-electron chi connectivity index (χ1n) is 15.1. The van der Waals surface area contributed by atoms with Crippen molar-refractivity contribution in [1.82, 2.24) is 0 Å². The van der Waals surface area contributed by atoms with Crippen LogP contribution in [0.3, 0.4) is 0 Å². The second-order valence-electron chi connectivity index (χ2n) is 14.7. The summed E-state index contributed by atoms with van der Waals surface area (Å²) in [5, 5.41) is 9.86. The van der Waals surface area contributed by atoms with Gasteiger partial charge in [-0.05, 0) is 110 Å². The summed E-state index contributed by atoms with van der Waals surface area (Å²) in [6, 6.07) is 0. The van der Waals surface area contributed by atoms with Crippen molar-refractivity contribution >= 4 is 0 Å². The van der Waals surface area contributed by atoms with Gasteiger partial charge in [0, 0.05) is 6.61 Å². The molecule has 0 radical (unpaired) electrons. The second kappa shape index (κ2) is 10.3. The molecule has 226 valence electrons. The van der Waals surface area contributed by atoms with E-state index in [0.717, 1.165) is 32.5 Å². The molecule has 39 heavy (non-hydrogen) atoms. The Morgan fingerprint density at radius 1 is 0.769 bits per heavy atom. The lowest BCUT2D eigenvalue weighted by Crippen LogP contribution is -2.58. The number of hydrogen-bond donors (Lipinski definition) is 1. The highest BCUT2D eigenvalue weighted by Crippen LogP contribution is 2.64. The van der Waals surface area contributed by atoms with Crippen LogP contribution < -0.4 is 0 Å². The van der Waals surface area contributed by atoms with Crippen molar-refractivity contribution in [1.29, 1.82) is 0 Å².